The summed E-state index contributed by atoms with van der Waals surface area (Å²) in [5.74, 6) is -0.679. The average Bonchev–Trinajstić information content (AvgIpc) is 2.49. The molecular formula is C16H17N3O2. The number of amides is 2. The van der Waals surface area contributed by atoms with Crippen LogP contribution in [0.15, 0.2) is 54.6 Å². The van der Waals surface area contributed by atoms with Gasteiger partial charge in [-0.25, -0.2) is 0 Å². The number of anilines is 1. The molecule has 0 radical (unpaired) electrons. The van der Waals surface area contributed by atoms with Crippen molar-refractivity contribution < 1.29 is 9.59 Å². The first-order valence-corrected chi connectivity index (χ1v) is 6.55. The summed E-state index contributed by atoms with van der Waals surface area (Å²) in [7, 11) is 0. The van der Waals surface area contributed by atoms with Gasteiger partial charge < -0.3 is 16.8 Å². The van der Waals surface area contributed by atoms with E-state index in [4.69, 9.17) is 11.5 Å². The van der Waals surface area contributed by atoms with Gasteiger partial charge in [0.15, 0.2) is 0 Å². The van der Waals surface area contributed by atoms with Gasteiger partial charge in [-0.15, -0.1) is 0 Å². The lowest BCUT2D eigenvalue weighted by atomic mass is 10.1. The van der Waals surface area contributed by atoms with Crippen molar-refractivity contribution in [3.63, 3.8) is 0 Å². The van der Waals surface area contributed by atoms with Gasteiger partial charge in [-0.1, -0.05) is 42.5 Å². The quantitative estimate of drug-likeness (QED) is 0.772. The second-order valence-corrected chi connectivity index (χ2v) is 4.72. The molecule has 0 aromatic heterocycles. The van der Waals surface area contributed by atoms with Gasteiger partial charge in [0.25, 0.3) is 0 Å². The number of hydrogen-bond donors (Lipinski definition) is 3. The van der Waals surface area contributed by atoms with Gasteiger partial charge in [0.1, 0.15) is 6.04 Å². The highest BCUT2D eigenvalue weighted by Gasteiger charge is 2.15. The van der Waals surface area contributed by atoms with Crippen LogP contribution in [0.2, 0.25) is 0 Å². The van der Waals surface area contributed by atoms with Crippen molar-refractivity contribution in [3.8, 4) is 0 Å². The first-order chi connectivity index (χ1) is 10.1. The summed E-state index contributed by atoms with van der Waals surface area (Å²) in [5, 5.41) is 2.74. The van der Waals surface area contributed by atoms with Crippen molar-refractivity contribution in [1.82, 2.24) is 0 Å². The Morgan fingerprint density at radius 1 is 1.00 bits per heavy atom. The lowest BCUT2D eigenvalue weighted by molar-refractivity contribution is -0.118. The van der Waals surface area contributed by atoms with Gasteiger partial charge in [0, 0.05) is 5.69 Å². The third-order valence-corrected chi connectivity index (χ3v) is 3.04. The molecule has 5 heteroatoms. The van der Waals surface area contributed by atoms with Gasteiger partial charge in [-0.2, -0.15) is 0 Å². The molecule has 2 amide bonds. The molecule has 2 rings (SSSR count). The van der Waals surface area contributed by atoms with Crippen LogP contribution in [0.1, 0.15) is 17.2 Å². The summed E-state index contributed by atoms with van der Waals surface area (Å²) in [5.41, 5.74) is 13.2. The molecule has 0 heterocycles. The monoisotopic (exact) mass is 283 g/mol. The fourth-order valence-electron chi connectivity index (χ4n) is 1.94. The summed E-state index contributed by atoms with van der Waals surface area (Å²) in [4.78, 5) is 22.9. The Morgan fingerprint density at radius 2 is 1.62 bits per heavy atom. The normalized spacial score (nSPS) is 11.7. The van der Waals surface area contributed by atoms with E-state index in [-0.39, 0.29) is 12.3 Å². The molecule has 5 nitrogen and oxygen atoms in total. The molecule has 2 aromatic rings. The van der Waals surface area contributed by atoms with Crippen LogP contribution in [0, 0.1) is 0 Å². The van der Waals surface area contributed by atoms with Crippen LogP contribution in [0.25, 0.3) is 0 Å². The topological polar surface area (TPSA) is 98.2 Å². The van der Waals surface area contributed by atoms with Crippen LogP contribution in [-0.2, 0) is 16.0 Å². The highest BCUT2D eigenvalue weighted by molar-refractivity contribution is 5.95. The highest BCUT2D eigenvalue weighted by Crippen LogP contribution is 2.14. The minimum absolute atomic E-state index is 0.178. The molecule has 0 unspecified atom stereocenters. The minimum Gasteiger partial charge on any atom is -0.369 e. The molecule has 0 aliphatic carbocycles. The van der Waals surface area contributed by atoms with Crippen molar-refractivity contribution in [2.75, 3.05) is 5.32 Å². The van der Waals surface area contributed by atoms with Crippen molar-refractivity contribution in [1.29, 1.82) is 0 Å². The van der Waals surface area contributed by atoms with Crippen LogP contribution in [-0.4, -0.2) is 11.8 Å². The van der Waals surface area contributed by atoms with E-state index in [0.29, 0.717) is 5.69 Å². The number of primary amides is 1. The number of carbonyl (C=O) groups is 2. The summed E-state index contributed by atoms with van der Waals surface area (Å²) in [6, 6.07) is 15.3. The summed E-state index contributed by atoms with van der Waals surface area (Å²) in [6.45, 7) is 0. The largest absolute Gasteiger partial charge is 0.369 e. The van der Waals surface area contributed by atoms with E-state index in [9.17, 15) is 9.59 Å². The van der Waals surface area contributed by atoms with Crippen LogP contribution in [0.4, 0.5) is 5.69 Å². The predicted octanol–water partition coefficient (Wildman–Crippen LogP) is 1.35. The maximum atomic E-state index is 12.1. The first-order valence-electron chi connectivity index (χ1n) is 6.55. The molecule has 21 heavy (non-hydrogen) atoms. The van der Waals surface area contributed by atoms with Crippen LogP contribution in [0.5, 0.6) is 0 Å². The number of nitrogens with two attached hydrogens (primary N) is 2. The summed E-state index contributed by atoms with van der Waals surface area (Å²) in [6.07, 6.45) is 0.178. The fraction of sp³-hybridized carbons (Fsp3) is 0.125. The first kappa shape index (κ1) is 14.7. The van der Waals surface area contributed by atoms with E-state index < -0.39 is 11.9 Å². The molecule has 108 valence electrons. The Hall–Kier alpha value is -2.66. The third-order valence-electron chi connectivity index (χ3n) is 3.04. The molecule has 0 aliphatic heterocycles. The van der Waals surface area contributed by atoms with E-state index in [1.54, 1.807) is 36.4 Å². The summed E-state index contributed by atoms with van der Waals surface area (Å²) < 4.78 is 0. The van der Waals surface area contributed by atoms with Crippen molar-refractivity contribution >= 4 is 17.5 Å². The van der Waals surface area contributed by atoms with E-state index in [0.717, 1.165) is 11.1 Å². The molecule has 5 N–H and O–H groups in total. The summed E-state index contributed by atoms with van der Waals surface area (Å²) >= 11 is 0. The van der Waals surface area contributed by atoms with E-state index in [1.165, 1.54) is 0 Å². The molecular weight excluding hydrogens is 266 g/mol. The SMILES string of the molecule is NC(=O)Cc1ccc(NC(=O)[C@@H](N)c2ccccc2)cc1. The van der Waals surface area contributed by atoms with E-state index >= 15 is 0 Å². The Morgan fingerprint density at radius 3 is 2.19 bits per heavy atom. The molecule has 0 bridgehead atoms. The molecule has 1 atom stereocenters. The van der Waals surface area contributed by atoms with Crippen molar-refractivity contribution in [3.05, 3.63) is 65.7 Å². The number of rotatable bonds is 5. The Balaban J connectivity index is 2.01. The Labute approximate surface area is 123 Å². The smallest absolute Gasteiger partial charge is 0.245 e. The number of nitrogens with one attached hydrogen (secondary N) is 1. The van der Waals surface area contributed by atoms with Gasteiger partial charge in [0.2, 0.25) is 11.8 Å². The molecule has 0 fully saturated rings. The zero-order valence-electron chi connectivity index (χ0n) is 11.5. The van der Waals surface area contributed by atoms with E-state index in [2.05, 4.69) is 5.32 Å². The van der Waals surface area contributed by atoms with Gasteiger partial charge in [-0.3, -0.25) is 9.59 Å². The predicted molar refractivity (Wildman–Crippen MR) is 81.3 cm³/mol. The second kappa shape index (κ2) is 6.67. The van der Waals surface area contributed by atoms with Crippen molar-refractivity contribution in [2.24, 2.45) is 11.5 Å². The average molecular weight is 283 g/mol. The standard InChI is InChI=1S/C16H17N3O2/c17-14(20)10-11-6-8-13(9-7-11)19-16(21)15(18)12-4-2-1-3-5-12/h1-9,15H,10,18H2,(H2,17,20)(H,19,21)/t15-/m0/s1. The van der Waals surface area contributed by atoms with Crippen LogP contribution < -0.4 is 16.8 Å². The van der Waals surface area contributed by atoms with Crippen molar-refractivity contribution in [2.45, 2.75) is 12.5 Å². The highest BCUT2D eigenvalue weighted by atomic mass is 16.2. The number of hydrogen-bond acceptors (Lipinski definition) is 3. The van der Waals surface area contributed by atoms with Gasteiger partial charge in [0.05, 0.1) is 6.42 Å². The molecule has 0 saturated heterocycles. The van der Waals surface area contributed by atoms with E-state index in [1.807, 2.05) is 18.2 Å². The van der Waals surface area contributed by atoms with Gasteiger partial charge >= 0.3 is 0 Å². The Kier molecular flexibility index (Phi) is 4.68. The number of benzene rings is 2. The lowest BCUT2D eigenvalue weighted by Gasteiger charge is -2.12. The van der Waals surface area contributed by atoms with Crippen LogP contribution >= 0.6 is 0 Å². The third kappa shape index (κ3) is 4.15. The maximum Gasteiger partial charge on any atom is 0.245 e. The fourth-order valence-corrected chi connectivity index (χ4v) is 1.94. The minimum atomic E-state index is -0.725. The molecule has 0 aliphatic rings. The Bertz CT molecular complexity index is 624. The molecule has 0 spiro atoms. The zero-order chi connectivity index (χ0) is 15.2. The molecule has 2 aromatic carbocycles. The molecule has 0 saturated carbocycles. The lowest BCUT2D eigenvalue weighted by Crippen LogP contribution is -2.27. The van der Waals surface area contributed by atoms with Crippen LogP contribution in [0.3, 0.4) is 0 Å². The number of carbonyl (C=O) groups excluding carboxylic acids is 2. The second-order valence-electron chi connectivity index (χ2n) is 4.72. The zero-order valence-corrected chi connectivity index (χ0v) is 11.5. The maximum absolute atomic E-state index is 12.1. The van der Waals surface area contributed by atoms with Gasteiger partial charge in [-0.05, 0) is 23.3 Å².